The number of halogens is 4. The van der Waals surface area contributed by atoms with E-state index >= 15 is 0 Å². The lowest BCUT2D eigenvalue weighted by molar-refractivity contribution is 0.598. The third-order valence-corrected chi connectivity index (χ3v) is 4.67. The molecule has 2 aromatic rings. The molecule has 0 fully saturated rings. The number of sulfonamides is 1. The zero-order valence-corrected chi connectivity index (χ0v) is 12.8. The Balaban J connectivity index is 2.46. The van der Waals surface area contributed by atoms with Gasteiger partial charge in [-0.15, -0.1) is 0 Å². The first-order valence-corrected chi connectivity index (χ1v) is 7.84. The summed E-state index contributed by atoms with van der Waals surface area (Å²) < 4.78 is 40.0. The molecule has 0 amide bonds. The Labute approximate surface area is 130 Å². The van der Waals surface area contributed by atoms with E-state index in [4.69, 9.17) is 34.8 Å². The van der Waals surface area contributed by atoms with Gasteiger partial charge < -0.3 is 0 Å². The molecule has 0 aliphatic carbocycles. The van der Waals surface area contributed by atoms with Gasteiger partial charge in [-0.25, -0.2) is 12.8 Å². The Hall–Kier alpha value is -1.01. The predicted octanol–water partition coefficient (Wildman–Crippen LogP) is 4.59. The number of rotatable bonds is 3. The van der Waals surface area contributed by atoms with Crippen molar-refractivity contribution in [2.24, 2.45) is 0 Å². The highest BCUT2D eigenvalue weighted by Gasteiger charge is 2.20. The SMILES string of the molecule is O=S(=O)(Nc1cc(Cl)ccc1F)c1cc(Cl)ccc1Cl. The minimum Gasteiger partial charge on any atom is -0.277 e. The molecule has 3 nitrogen and oxygen atoms in total. The Morgan fingerprint density at radius 2 is 1.55 bits per heavy atom. The molecule has 2 rings (SSSR count). The van der Waals surface area contributed by atoms with Gasteiger partial charge in [-0.05, 0) is 36.4 Å². The second kappa shape index (κ2) is 5.77. The van der Waals surface area contributed by atoms with Crippen molar-refractivity contribution in [2.45, 2.75) is 4.90 Å². The molecule has 8 heteroatoms. The lowest BCUT2D eigenvalue weighted by Crippen LogP contribution is -2.14. The lowest BCUT2D eigenvalue weighted by atomic mass is 10.3. The standard InChI is InChI=1S/C12H7Cl3FNO2S/c13-7-2-4-10(16)11(5-7)17-20(18,19)12-6-8(14)1-3-9(12)15/h1-6,17H. The van der Waals surface area contributed by atoms with Crippen LogP contribution in [-0.2, 0) is 10.0 Å². The van der Waals surface area contributed by atoms with Gasteiger partial charge in [-0.2, -0.15) is 0 Å². The van der Waals surface area contributed by atoms with Gasteiger partial charge in [0.1, 0.15) is 10.7 Å². The minimum atomic E-state index is -4.07. The molecule has 2 aromatic carbocycles. The molecule has 0 aliphatic rings. The smallest absolute Gasteiger partial charge is 0.263 e. The highest BCUT2D eigenvalue weighted by atomic mass is 35.5. The molecular weight excluding hydrogens is 348 g/mol. The van der Waals surface area contributed by atoms with Crippen LogP contribution in [0.25, 0.3) is 0 Å². The van der Waals surface area contributed by atoms with Gasteiger partial charge in [0.05, 0.1) is 10.7 Å². The fourth-order valence-electron chi connectivity index (χ4n) is 1.46. The molecule has 0 heterocycles. The van der Waals surface area contributed by atoms with Crippen molar-refractivity contribution in [1.82, 2.24) is 0 Å². The van der Waals surface area contributed by atoms with Crippen LogP contribution in [0.2, 0.25) is 15.1 Å². The van der Waals surface area contributed by atoms with Crippen LogP contribution in [0.4, 0.5) is 10.1 Å². The van der Waals surface area contributed by atoms with E-state index in [9.17, 15) is 12.8 Å². The molecule has 0 aliphatic heterocycles. The van der Waals surface area contributed by atoms with Crippen molar-refractivity contribution in [3.05, 3.63) is 57.3 Å². The maximum atomic E-state index is 13.6. The third-order valence-electron chi connectivity index (χ3n) is 2.36. The summed E-state index contributed by atoms with van der Waals surface area (Å²) in [6.45, 7) is 0. The lowest BCUT2D eigenvalue weighted by Gasteiger charge is -2.10. The first kappa shape index (κ1) is 15.4. The number of hydrogen-bond donors (Lipinski definition) is 1. The van der Waals surface area contributed by atoms with Gasteiger partial charge in [0, 0.05) is 10.0 Å². The van der Waals surface area contributed by atoms with Crippen molar-refractivity contribution in [1.29, 1.82) is 0 Å². The zero-order valence-electron chi connectivity index (χ0n) is 9.70. The molecule has 0 radical (unpaired) electrons. The maximum Gasteiger partial charge on any atom is 0.263 e. The maximum absolute atomic E-state index is 13.6. The molecule has 0 bridgehead atoms. The van der Waals surface area contributed by atoms with E-state index in [2.05, 4.69) is 4.72 Å². The van der Waals surface area contributed by atoms with E-state index in [0.717, 1.165) is 12.1 Å². The van der Waals surface area contributed by atoms with E-state index < -0.39 is 15.8 Å². The normalized spacial score (nSPS) is 11.4. The minimum absolute atomic E-state index is 0.0238. The summed E-state index contributed by atoms with van der Waals surface area (Å²) in [7, 11) is -4.07. The van der Waals surface area contributed by atoms with Crippen LogP contribution >= 0.6 is 34.8 Å². The molecule has 0 saturated heterocycles. The van der Waals surface area contributed by atoms with Crippen LogP contribution in [0.1, 0.15) is 0 Å². The first-order valence-electron chi connectivity index (χ1n) is 5.22. The van der Waals surface area contributed by atoms with Gasteiger partial charge in [0.25, 0.3) is 10.0 Å². The summed E-state index contributed by atoms with van der Waals surface area (Å²) in [5, 5.41) is 0.368. The van der Waals surface area contributed by atoms with E-state index in [-0.39, 0.29) is 25.7 Å². The summed E-state index contributed by atoms with van der Waals surface area (Å²) >= 11 is 17.3. The summed E-state index contributed by atoms with van der Waals surface area (Å²) in [6.07, 6.45) is 0. The number of hydrogen-bond acceptors (Lipinski definition) is 2. The molecular formula is C12H7Cl3FNO2S. The van der Waals surface area contributed by atoms with Crippen LogP contribution in [0.3, 0.4) is 0 Å². The number of anilines is 1. The van der Waals surface area contributed by atoms with Crippen molar-refractivity contribution in [2.75, 3.05) is 4.72 Å². The molecule has 20 heavy (non-hydrogen) atoms. The van der Waals surface area contributed by atoms with Crippen LogP contribution in [0.15, 0.2) is 41.3 Å². The highest BCUT2D eigenvalue weighted by molar-refractivity contribution is 7.92. The molecule has 106 valence electrons. The Morgan fingerprint density at radius 3 is 2.25 bits per heavy atom. The fraction of sp³-hybridized carbons (Fsp3) is 0. The molecule has 0 aromatic heterocycles. The van der Waals surface area contributed by atoms with Crippen molar-refractivity contribution in [3.8, 4) is 0 Å². The topological polar surface area (TPSA) is 46.2 Å². The van der Waals surface area contributed by atoms with E-state index in [1.165, 1.54) is 24.3 Å². The Morgan fingerprint density at radius 1 is 0.950 bits per heavy atom. The van der Waals surface area contributed by atoms with Crippen molar-refractivity contribution < 1.29 is 12.8 Å². The van der Waals surface area contributed by atoms with Crippen LogP contribution < -0.4 is 4.72 Å². The summed E-state index contributed by atoms with van der Waals surface area (Å²) in [5.41, 5.74) is -0.270. The van der Waals surface area contributed by atoms with Gasteiger partial charge in [-0.3, -0.25) is 4.72 Å². The monoisotopic (exact) mass is 353 g/mol. The zero-order chi connectivity index (χ0) is 14.9. The van der Waals surface area contributed by atoms with E-state index in [1.807, 2.05) is 0 Å². The quantitative estimate of drug-likeness (QED) is 0.876. The van der Waals surface area contributed by atoms with Gasteiger partial charge in [0.2, 0.25) is 0 Å². The molecule has 0 unspecified atom stereocenters. The third kappa shape index (κ3) is 3.35. The Bertz CT molecular complexity index is 765. The van der Waals surface area contributed by atoms with Crippen molar-refractivity contribution in [3.63, 3.8) is 0 Å². The van der Waals surface area contributed by atoms with E-state index in [1.54, 1.807) is 0 Å². The predicted molar refractivity (Wildman–Crippen MR) is 78.7 cm³/mol. The van der Waals surface area contributed by atoms with E-state index in [0.29, 0.717) is 0 Å². The summed E-state index contributed by atoms with van der Waals surface area (Å²) in [5.74, 6) is -0.754. The number of nitrogens with one attached hydrogen (secondary N) is 1. The largest absolute Gasteiger partial charge is 0.277 e. The average Bonchev–Trinajstić information content (AvgIpc) is 2.36. The van der Waals surface area contributed by atoms with Crippen LogP contribution in [0, 0.1) is 5.82 Å². The van der Waals surface area contributed by atoms with Gasteiger partial charge in [0.15, 0.2) is 0 Å². The second-order valence-electron chi connectivity index (χ2n) is 3.80. The molecule has 1 N–H and O–H groups in total. The van der Waals surface area contributed by atoms with Crippen LogP contribution in [-0.4, -0.2) is 8.42 Å². The van der Waals surface area contributed by atoms with Gasteiger partial charge in [-0.1, -0.05) is 34.8 Å². The first-order chi connectivity index (χ1) is 9.29. The average molecular weight is 355 g/mol. The summed E-state index contributed by atoms with van der Waals surface area (Å²) in [6, 6.07) is 7.48. The fourth-order valence-corrected chi connectivity index (χ4v) is 3.45. The molecule has 0 atom stereocenters. The highest BCUT2D eigenvalue weighted by Crippen LogP contribution is 2.28. The molecule has 0 spiro atoms. The second-order valence-corrected chi connectivity index (χ2v) is 6.74. The van der Waals surface area contributed by atoms with Crippen LogP contribution in [0.5, 0.6) is 0 Å². The molecule has 0 saturated carbocycles. The summed E-state index contributed by atoms with van der Waals surface area (Å²) in [4.78, 5) is -0.244. The Kier molecular flexibility index (Phi) is 4.44. The van der Waals surface area contributed by atoms with Gasteiger partial charge >= 0.3 is 0 Å². The number of benzene rings is 2. The van der Waals surface area contributed by atoms with Crippen molar-refractivity contribution >= 4 is 50.5 Å².